The van der Waals surface area contributed by atoms with Crippen LogP contribution >= 0.6 is 0 Å². The van der Waals surface area contributed by atoms with Gasteiger partial charge in [0.1, 0.15) is 5.75 Å². The molecule has 0 bridgehead atoms. The number of aliphatic hydroxyl groups excluding tert-OH is 1. The summed E-state index contributed by atoms with van der Waals surface area (Å²) >= 11 is 0. The van der Waals surface area contributed by atoms with E-state index in [9.17, 15) is 34.8 Å². The molecule has 6 rings (SSSR count). The van der Waals surface area contributed by atoms with Crippen LogP contribution in [0.1, 0.15) is 50.7 Å². The van der Waals surface area contributed by atoms with E-state index in [0.29, 0.717) is 42.6 Å². The molecule has 0 saturated carbocycles. The number of nitrogens with one attached hydrogen (secondary N) is 2. The summed E-state index contributed by atoms with van der Waals surface area (Å²) in [6.45, 7) is 1.53. The molecule has 5 aromatic rings. The molecule has 1 aliphatic rings. The Morgan fingerprint density at radius 3 is 2.42 bits per heavy atom. The first-order valence-electron chi connectivity index (χ1n) is 15.6. The van der Waals surface area contributed by atoms with Gasteiger partial charge in [-0.05, 0) is 64.6 Å². The summed E-state index contributed by atoms with van der Waals surface area (Å²) in [5.41, 5.74) is 1.81. The van der Waals surface area contributed by atoms with E-state index in [1.165, 1.54) is 12.1 Å². The molecule has 10 nitrogen and oxygen atoms in total. The number of hydrogen-bond donors (Lipinski definition) is 6. The number of pyridine rings is 1. The molecule has 2 unspecified atom stereocenters. The number of aromatic nitrogens is 1. The first-order valence-corrected chi connectivity index (χ1v) is 15.6. The summed E-state index contributed by atoms with van der Waals surface area (Å²) in [5, 5.41) is 46.1. The van der Waals surface area contributed by atoms with E-state index in [0.717, 1.165) is 16.7 Å². The molecule has 6 N–H and O–H groups in total. The number of aromatic amines is 1. The molecule has 0 saturated heterocycles. The number of phenolic OH excluding ortho intramolecular Hbond substituents is 1. The third-order valence-corrected chi connectivity index (χ3v) is 8.72. The summed E-state index contributed by atoms with van der Waals surface area (Å²) in [6.07, 6.45) is 1.77. The van der Waals surface area contributed by atoms with E-state index in [-0.39, 0.29) is 40.4 Å². The number of carboxylic acids is 1. The van der Waals surface area contributed by atoms with Gasteiger partial charge in [0.15, 0.2) is 0 Å². The summed E-state index contributed by atoms with van der Waals surface area (Å²) in [5.74, 6) is -1.57. The Hall–Kier alpha value is -5.55. The molecular weight excluding hydrogens is 610 g/mol. The molecule has 1 aliphatic heterocycles. The number of fused-ring (bicyclic) bond motifs is 1. The Balaban J connectivity index is 1.09. The molecule has 1 amide bonds. The van der Waals surface area contributed by atoms with E-state index >= 15 is 0 Å². The monoisotopic (exact) mass is 645 g/mol. The number of hydrogen-bond acceptors (Lipinski definition) is 7. The SMILES string of the molecule is O=C(c1ccc(CNCC(O)c2ccc(O)c3[nH]c(=O)ccc23)cc1)N1CCC=C(c2cccc(C(O)(C(=O)O)c3ccccc3)c2)C1. The zero-order valence-corrected chi connectivity index (χ0v) is 26.0. The summed E-state index contributed by atoms with van der Waals surface area (Å²) in [6, 6.07) is 28.3. The predicted octanol–water partition coefficient (Wildman–Crippen LogP) is 4.31. The van der Waals surface area contributed by atoms with Crippen molar-refractivity contribution in [3.05, 3.63) is 153 Å². The predicted molar refractivity (Wildman–Crippen MR) is 181 cm³/mol. The largest absolute Gasteiger partial charge is 0.506 e. The topological polar surface area (TPSA) is 163 Å². The van der Waals surface area contributed by atoms with Gasteiger partial charge in [0.25, 0.3) is 5.91 Å². The van der Waals surface area contributed by atoms with E-state index in [1.807, 2.05) is 24.3 Å². The molecular formula is C38H35N3O7. The molecule has 4 aromatic carbocycles. The number of carbonyl (C=O) groups is 2. The van der Waals surface area contributed by atoms with Crippen LogP contribution in [0.15, 0.2) is 114 Å². The molecule has 0 aliphatic carbocycles. The molecule has 1 aromatic heterocycles. The molecule has 2 heterocycles. The van der Waals surface area contributed by atoms with Crippen molar-refractivity contribution in [3.63, 3.8) is 0 Å². The minimum absolute atomic E-state index is 0.0698. The molecule has 48 heavy (non-hydrogen) atoms. The van der Waals surface area contributed by atoms with Gasteiger partial charge in [0.2, 0.25) is 11.2 Å². The standard InChI is InChI=1S/C38H35N3O7/c42-32-17-15-30(31-16-18-34(44)40-35(31)32)33(43)22-39-21-24-11-13-25(14-12-24)36(45)41-19-5-7-27(23-41)26-6-4-10-29(20-26)38(48,37(46)47)28-8-2-1-3-9-28/h1-4,6-18,20,33,39,42-43,48H,5,19,21-23H2,(H,40,44)(H,46,47). The van der Waals surface area contributed by atoms with Crippen LogP contribution in [-0.4, -0.2) is 61.8 Å². The van der Waals surface area contributed by atoms with Crippen LogP contribution in [0.25, 0.3) is 16.5 Å². The zero-order valence-electron chi connectivity index (χ0n) is 26.0. The average molecular weight is 646 g/mol. The van der Waals surface area contributed by atoms with Gasteiger partial charge in [-0.1, -0.05) is 72.8 Å². The number of H-pyrrole nitrogens is 1. The maximum absolute atomic E-state index is 13.5. The van der Waals surface area contributed by atoms with Gasteiger partial charge in [0, 0.05) is 48.8 Å². The van der Waals surface area contributed by atoms with Gasteiger partial charge < -0.3 is 35.6 Å². The number of amides is 1. The van der Waals surface area contributed by atoms with Crippen molar-refractivity contribution in [2.45, 2.75) is 24.7 Å². The summed E-state index contributed by atoms with van der Waals surface area (Å²) in [7, 11) is 0. The number of nitrogens with zero attached hydrogens (tertiary/aromatic N) is 1. The lowest BCUT2D eigenvalue weighted by molar-refractivity contribution is -0.155. The quantitative estimate of drug-likeness (QED) is 0.131. The van der Waals surface area contributed by atoms with Gasteiger partial charge in [0.05, 0.1) is 11.6 Å². The Bertz CT molecular complexity index is 2060. The summed E-state index contributed by atoms with van der Waals surface area (Å²) < 4.78 is 0. The van der Waals surface area contributed by atoms with E-state index in [1.54, 1.807) is 77.7 Å². The van der Waals surface area contributed by atoms with Gasteiger partial charge in [-0.3, -0.25) is 9.59 Å². The van der Waals surface area contributed by atoms with Crippen LogP contribution in [0.2, 0.25) is 0 Å². The lowest BCUT2D eigenvalue weighted by Crippen LogP contribution is -2.37. The van der Waals surface area contributed by atoms with E-state index < -0.39 is 17.7 Å². The number of carboxylic acid groups (broad SMARTS) is 1. The fourth-order valence-corrected chi connectivity index (χ4v) is 6.12. The van der Waals surface area contributed by atoms with Crippen molar-refractivity contribution in [2.75, 3.05) is 19.6 Å². The normalized spacial score (nSPS) is 15.0. The average Bonchev–Trinajstić information content (AvgIpc) is 3.12. The first-order chi connectivity index (χ1) is 23.1. The number of phenols is 1. The van der Waals surface area contributed by atoms with Crippen molar-refractivity contribution >= 4 is 28.4 Å². The highest BCUT2D eigenvalue weighted by molar-refractivity contribution is 5.95. The van der Waals surface area contributed by atoms with Crippen molar-refractivity contribution in [3.8, 4) is 5.75 Å². The van der Waals surface area contributed by atoms with Crippen molar-refractivity contribution in [1.29, 1.82) is 0 Å². The van der Waals surface area contributed by atoms with Crippen LogP contribution in [0.4, 0.5) is 0 Å². The maximum atomic E-state index is 13.5. The second-order valence-corrected chi connectivity index (χ2v) is 11.8. The van der Waals surface area contributed by atoms with Crippen molar-refractivity contribution < 1.29 is 30.0 Å². The Morgan fingerprint density at radius 2 is 1.67 bits per heavy atom. The van der Waals surface area contributed by atoms with E-state index in [2.05, 4.69) is 10.3 Å². The van der Waals surface area contributed by atoms with Crippen LogP contribution in [-0.2, 0) is 16.9 Å². The van der Waals surface area contributed by atoms with Gasteiger partial charge in [-0.2, -0.15) is 0 Å². The highest BCUT2D eigenvalue weighted by atomic mass is 16.4. The van der Waals surface area contributed by atoms with Gasteiger partial charge in [-0.15, -0.1) is 0 Å². The van der Waals surface area contributed by atoms with Crippen molar-refractivity contribution in [2.24, 2.45) is 0 Å². The number of carbonyl (C=O) groups excluding carboxylic acids is 1. The van der Waals surface area contributed by atoms with Gasteiger partial charge >= 0.3 is 5.97 Å². The Labute approximate surface area is 276 Å². The smallest absolute Gasteiger partial charge is 0.345 e. The fourth-order valence-electron chi connectivity index (χ4n) is 6.12. The summed E-state index contributed by atoms with van der Waals surface area (Å²) in [4.78, 5) is 41.8. The molecule has 0 fully saturated rings. The molecule has 244 valence electrons. The second-order valence-electron chi connectivity index (χ2n) is 11.8. The third kappa shape index (κ3) is 6.50. The first kappa shape index (κ1) is 32.4. The molecule has 0 radical (unpaired) electrons. The molecule has 10 heteroatoms. The zero-order chi connectivity index (χ0) is 33.8. The van der Waals surface area contributed by atoms with Crippen molar-refractivity contribution in [1.82, 2.24) is 15.2 Å². The highest BCUT2D eigenvalue weighted by Gasteiger charge is 2.40. The molecule has 2 atom stereocenters. The van der Waals surface area contributed by atoms with Crippen LogP contribution in [0.3, 0.4) is 0 Å². The fraction of sp³-hybridized carbons (Fsp3) is 0.184. The second kappa shape index (κ2) is 13.7. The lowest BCUT2D eigenvalue weighted by atomic mass is 9.84. The number of benzene rings is 4. The minimum atomic E-state index is -2.22. The maximum Gasteiger partial charge on any atom is 0.345 e. The minimum Gasteiger partial charge on any atom is -0.506 e. The van der Waals surface area contributed by atoms with Crippen LogP contribution in [0, 0.1) is 0 Å². The van der Waals surface area contributed by atoms with E-state index in [4.69, 9.17) is 0 Å². The third-order valence-electron chi connectivity index (χ3n) is 8.72. The number of rotatable bonds is 10. The molecule has 0 spiro atoms. The Morgan fingerprint density at radius 1 is 0.917 bits per heavy atom. The lowest BCUT2D eigenvalue weighted by Gasteiger charge is -2.29. The van der Waals surface area contributed by atoms with Gasteiger partial charge in [-0.25, -0.2) is 4.79 Å². The number of aliphatic carboxylic acids is 1. The van der Waals surface area contributed by atoms with Crippen LogP contribution in [0.5, 0.6) is 5.75 Å². The number of aromatic hydroxyl groups is 1. The number of aliphatic hydroxyl groups is 2. The van der Waals surface area contributed by atoms with Crippen LogP contribution < -0.4 is 10.9 Å². The highest BCUT2D eigenvalue weighted by Crippen LogP contribution is 2.33. The Kier molecular flexibility index (Phi) is 9.22.